The van der Waals surface area contributed by atoms with Crippen LogP contribution < -0.4 is 10.6 Å². The Balaban J connectivity index is 2.20. The van der Waals surface area contributed by atoms with Crippen molar-refractivity contribution in [3.8, 4) is 0 Å². The van der Waals surface area contributed by atoms with E-state index in [2.05, 4.69) is 48.7 Å². The summed E-state index contributed by atoms with van der Waals surface area (Å²) in [4.78, 5) is 9.50. The molecule has 112 valence electrons. The number of aromatic nitrogens is 1. The van der Waals surface area contributed by atoms with E-state index in [0.29, 0.717) is 12.1 Å². The highest BCUT2D eigenvalue weighted by Gasteiger charge is 2.28. The van der Waals surface area contributed by atoms with Crippen LogP contribution in [-0.4, -0.2) is 48.1 Å². The van der Waals surface area contributed by atoms with Crippen LogP contribution in [0.5, 0.6) is 0 Å². The van der Waals surface area contributed by atoms with Gasteiger partial charge in [-0.2, -0.15) is 0 Å². The monoisotopic (exact) mass is 276 g/mol. The minimum Gasteiger partial charge on any atom is -0.353 e. The molecule has 1 saturated heterocycles. The molecule has 2 N–H and O–H groups in total. The second-order valence-electron chi connectivity index (χ2n) is 6.13. The fourth-order valence-corrected chi connectivity index (χ4v) is 2.88. The van der Waals surface area contributed by atoms with Gasteiger partial charge >= 0.3 is 0 Å². The summed E-state index contributed by atoms with van der Waals surface area (Å²) < 4.78 is 0. The molecule has 0 saturated carbocycles. The first-order chi connectivity index (χ1) is 9.52. The Labute approximate surface area is 123 Å². The van der Waals surface area contributed by atoms with Gasteiger partial charge in [-0.25, -0.2) is 4.98 Å². The Bertz CT molecular complexity index is 422. The van der Waals surface area contributed by atoms with Crippen LogP contribution in [0.4, 0.5) is 5.82 Å². The van der Waals surface area contributed by atoms with Crippen LogP contribution in [0.15, 0.2) is 18.3 Å². The van der Waals surface area contributed by atoms with E-state index in [9.17, 15) is 0 Å². The maximum absolute atomic E-state index is 6.13. The first-order valence-corrected chi connectivity index (χ1v) is 7.69. The van der Waals surface area contributed by atoms with E-state index in [1.165, 1.54) is 5.56 Å². The standard InChI is InChI=1S/C16H28N4/c1-5-15(17)9-14-7-6-8-18-16(14)20-10-12(2)19(4)13(3)11-20/h6-8,12-13,15H,5,9-11,17H2,1-4H3. The molecule has 2 heterocycles. The number of hydrogen-bond donors (Lipinski definition) is 1. The SMILES string of the molecule is CCC(N)Cc1cccnc1N1CC(C)N(C)C(C)C1. The number of anilines is 1. The van der Waals surface area contributed by atoms with Gasteiger partial charge in [0.15, 0.2) is 0 Å². The molecule has 4 nitrogen and oxygen atoms in total. The molecule has 0 bridgehead atoms. The first-order valence-electron chi connectivity index (χ1n) is 7.69. The van der Waals surface area contributed by atoms with Gasteiger partial charge in [-0.3, -0.25) is 4.90 Å². The molecule has 1 aromatic rings. The zero-order valence-corrected chi connectivity index (χ0v) is 13.2. The average molecular weight is 276 g/mol. The molecule has 3 unspecified atom stereocenters. The van der Waals surface area contributed by atoms with Crippen LogP contribution in [0, 0.1) is 0 Å². The van der Waals surface area contributed by atoms with Gasteiger partial charge in [0.25, 0.3) is 0 Å². The molecular formula is C16H28N4. The van der Waals surface area contributed by atoms with Crippen molar-refractivity contribution < 1.29 is 0 Å². The van der Waals surface area contributed by atoms with Crippen LogP contribution in [0.1, 0.15) is 32.8 Å². The normalized spacial score (nSPS) is 25.8. The fraction of sp³-hybridized carbons (Fsp3) is 0.688. The summed E-state index contributed by atoms with van der Waals surface area (Å²) in [5.41, 5.74) is 7.41. The minimum atomic E-state index is 0.222. The Morgan fingerprint density at radius 2 is 2.00 bits per heavy atom. The summed E-state index contributed by atoms with van der Waals surface area (Å²) in [5, 5.41) is 0. The molecule has 0 amide bonds. The second kappa shape index (κ2) is 6.55. The summed E-state index contributed by atoms with van der Waals surface area (Å²) in [5.74, 6) is 1.13. The Morgan fingerprint density at radius 3 is 2.60 bits per heavy atom. The van der Waals surface area contributed by atoms with Gasteiger partial charge < -0.3 is 10.6 Å². The third-order valence-corrected chi connectivity index (χ3v) is 4.53. The summed E-state index contributed by atoms with van der Waals surface area (Å²) in [6.07, 6.45) is 3.81. The largest absolute Gasteiger partial charge is 0.353 e. The molecule has 2 rings (SSSR count). The number of pyridine rings is 1. The highest BCUT2D eigenvalue weighted by molar-refractivity contribution is 5.48. The molecule has 3 atom stereocenters. The third kappa shape index (κ3) is 3.30. The number of nitrogens with two attached hydrogens (primary N) is 1. The molecule has 1 aliphatic heterocycles. The predicted octanol–water partition coefficient (Wildman–Crippen LogP) is 1.89. The van der Waals surface area contributed by atoms with Gasteiger partial charge in [-0.15, -0.1) is 0 Å². The van der Waals surface area contributed by atoms with Crippen molar-refractivity contribution in [2.24, 2.45) is 5.73 Å². The summed E-state index contributed by atoms with van der Waals surface area (Å²) in [6, 6.07) is 5.51. The van der Waals surface area contributed by atoms with Crippen molar-refractivity contribution in [1.82, 2.24) is 9.88 Å². The highest BCUT2D eigenvalue weighted by atomic mass is 15.3. The molecule has 0 aliphatic carbocycles. The van der Waals surface area contributed by atoms with Crippen LogP contribution >= 0.6 is 0 Å². The van der Waals surface area contributed by atoms with E-state index < -0.39 is 0 Å². The molecule has 1 fully saturated rings. The lowest BCUT2D eigenvalue weighted by Gasteiger charge is -2.43. The molecule has 1 aromatic heterocycles. The molecular weight excluding hydrogens is 248 g/mol. The van der Waals surface area contributed by atoms with Crippen molar-refractivity contribution in [2.75, 3.05) is 25.0 Å². The van der Waals surface area contributed by atoms with Gasteiger partial charge in [0, 0.05) is 37.4 Å². The Morgan fingerprint density at radius 1 is 1.35 bits per heavy atom. The molecule has 20 heavy (non-hydrogen) atoms. The van der Waals surface area contributed by atoms with Gasteiger partial charge in [-0.1, -0.05) is 13.0 Å². The van der Waals surface area contributed by atoms with Crippen molar-refractivity contribution >= 4 is 5.82 Å². The highest BCUT2D eigenvalue weighted by Crippen LogP contribution is 2.24. The van der Waals surface area contributed by atoms with E-state index >= 15 is 0 Å². The number of nitrogens with zero attached hydrogens (tertiary/aromatic N) is 3. The fourth-order valence-electron chi connectivity index (χ4n) is 2.88. The van der Waals surface area contributed by atoms with E-state index in [0.717, 1.165) is 31.7 Å². The van der Waals surface area contributed by atoms with Crippen LogP contribution in [0.2, 0.25) is 0 Å². The Hall–Kier alpha value is -1.13. The van der Waals surface area contributed by atoms with Crippen molar-refractivity contribution in [3.63, 3.8) is 0 Å². The second-order valence-corrected chi connectivity index (χ2v) is 6.13. The molecule has 1 aliphatic rings. The van der Waals surface area contributed by atoms with Gasteiger partial charge in [0.2, 0.25) is 0 Å². The lowest BCUT2D eigenvalue weighted by molar-refractivity contribution is 0.169. The zero-order valence-electron chi connectivity index (χ0n) is 13.2. The third-order valence-electron chi connectivity index (χ3n) is 4.53. The summed E-state index contributed by atoms with van der Waals surface area (Å²) in [6.45, 7) is 8.77. The number of piperazine rings is 1. The smallest absolute Gasteiger partial charge is 0.131 e. The topological polar surface area (TPSA) is 45.4 Å². The maximum Gasteiger partial charge on any atom is 0.131 e. The number of rotatable bonds is 4. The van der Waals surface area contributed by atoms with Crippen LogP contribution in [0.3, 0.4) is 0 Å². The van der Waals surface area contributed by atoms with Gasteiger partial charge in [0.1, 0.15) is 5.82 Å². The van der Waals surface area contributed by atoms with E-state index in [-0.39, 0.29) is 6.04 Å². The predicted molar refractivity (Wildman–Crippen MR) is 85.1 cm³/mol. The molecule has 0 spiro atoms. The summed E-state index contributed by atoms with van der Waals surface area (Å²) >= 11 is 0. The van der Waals surface area contributed by atoms with E-state index in [1.807, 2.05) is 12.3 Å². The maximum atomic E-state index is 6.13. The average Bonchev–Trinajstić information content (AvgIpc) is 2.44. The lowest BCUT2D eigenvalue weighted by Crippen LogP contribution is -2.55. The molecule has 4 heteroatoms. The molecule has 0 aromatic carbocycles. The van der Waals surface area contributed by atoms with E-state index in [4.69, 9.17) is 5.73 Å². The molecule has 0 radical (unpaired) electrons. The number of likely N-dealkylation sites (N-methyl/N-ethyl adjacent to an activating group) is 1. The zero-order chi connectivity index (χ0) is 14.7. The van der Waals surface area contributed by atoms with Gasteiger partial charge in [0.05, 0.1) is 0 Å². The van der Waals surface area contributed by atoms with E-state index in [1.54, 1.807) is 0 Å². The van der Waals surface area contributed by atoms with Crippen molar-refractivity contribution in [3.05, 3.63) is 23.9 Å². The van der Waals surface area contributed by atoms with Crippen molar-refractivity contribution in [1.29, 1.82) is 0 Å². The first kappa shape index (κ1) is 15.3. The Kier molecular flexibility index (Phi) is 5.00. The lowest BCUT2D eigenvalue weighted by atomic mass is 10.0. The van der Waals surface area contributed by atoms with Crippen molar-refractivity contribution in [2.45, 2.75) is 51.7 Å². The summed E-state index contributed by atoms with van der Waals surface area (Å²) in [7, 11) is 2.21. The van der Waals surface area contributed by atoms with Gasteiger partial charge in [-0.05, 0) is 45.4 Å². The van der Waals surface area contributed by atoms with Crippen LogP contribution in [-0.2, 0) is 6.42 Å². The quantitative estimate of drug-likeness (QED) is 0.912. The number of hydrogen-bond acceptors (Lipinski definition) is 4. The minimum absolute atomic E-state index is 0.222. The van der Waals surface area contributed by atoms with Crippen LogP contribution in [0.25, 0.3) is 0 Å².